The summed E-state index contributed by atoms with van der Waals surface area (Å²) >= 11 is 0. The number of benzene rings is 3. The zero-order valence-electron chi connectivity index (χ0n) is 16.8. The van der Waals surface area contributed by atoms with Crippen LogP contribution in [0, 0.1) is 0 Å². The predicted molar refractivity (Wildman–Crippen MR) is 119 cm³/mol. The number of nitrogens with one attached hydrogen (secondary N) is 1. The number of phenols is 1. The van der Waals surface area contributed by atoms with E-state index in [1.165, 1.54) is 6.08 Å². The average molecular weight is 406 g/mol. The van der Waals surface area contributed by atoms with E-state index >= 15 is 0 Å². The molecule has 0 aliphatic carbocycles. The Kier molecular flexibility index (Phi) is 7.06. The standard InChI is InChI=1S/C24H26N2O4/c1-30-22(12-6-7-13-23(28)26-20-11-5-4-10-19(20)25)24(29)18-14-15-21(27)17-9-3-2-8-16(17)18/h2-5,7-11,13-15,22,24,27,29H,6,12,25H2,1H3,(H,26,28)/b13-7+/t22-,24-/m0/s1. The van der Waals surface area contributed by atoms with Gasteiger partial charge in [-0.2, -0.15) is 0 Å². The van der Waals surface area contributed by atoms with Crippen molar-refractivity contribution in [1.82, 2.24) is 0 Å². The van der Waals surface area contributed by atoms with E-state index in [0.717, 1.165) is 5.39 Å². The number of carbonyl (C=O) groups is 1. The highest BCUT2D eigenvalue weighted by atomic mass is 16.5. The van der Waals surface area contributed by atoms with Gasteiger partial charge in [-0.15, -0.1) is 0 Å². The van der Waals surface area contributed by atoms with Crippen LogP contribution < -0.4 is 11.1 Å². The number of carbonyl (C=O) groups excluding carboxylic acids is 1. The average Bonchev–Trinajstić information content (AvgIpc) is 2.75. The lowest BCUT2D eigenvalue weighted by atomic mass is 9.95. The number of allylic oxidation sites excluding steroid dienone is 1. The van der Waals surface area contributed by atoms with Crippen LogP contribution in [-0.4, -0.2) is 29.3 Å². The van der Waals surface area contributed by atoms with Crippen molar-refractivity contribution in [2.45, 2.75) is 25.0 Å². The van der Waals surface area contributed by atoms with Gasteiger partial charge in [-0.25, -0.2) is 0 Å². The molecule has 0 aromatic heterocycles. The van der Waals surface area contributed by atoms with Gasteiger partial charge in [0.2, 0.25) is 5.91 Å². The molecule has 0 radical (unpaired) electrons. The highest BCUT2D eigenvalue weighted by Crippen LogP contribution is 2.33. The zero-order valence-corrected chi connectivity index (χ0v) is 16.8. The molecule has 5 N–H and O–H groups in total. The van der Waals surface area contributed by atoms with Crippen LogP contribution in [0.4, 0.5) is 11.4 Å². The molecule has 2 atom stereocenters. The fraction of sp³-hybridized carbons (Fsp3) is 0.208. The van der Waals surface area contributed by atoms with Crippen molar-refractivity contribution < 1.29 is 19.7 Å². The number of phenolic OH excluding ortho intramolecular Hbond substituents is 1. The first kappa shape index (κ1) is 21.4. The second-order valence-electron chi connectivity index (χ2n) is 6.99. The van der Waals surface area contributed by atoms with Crippen LogP contribution in [0.25, 0.3) is 10.8 Å². The van der Waals surface area contributed by atoms with E-state index in [-0.39, 0.29) is 11.7 Å². The minimum Gasteiger partial charge on any atom is -0.507 e. The first-order chi connectivity index (χ1) is 14.5. The number of nitrogens with two attached hydrogens (primary N) is 1. The number of nitrogen functional groups attached to an aromatic ring is 1. The molecule has 0 saturated carbocycles. The molecule has 156 valence electrons. The van der Waals surface area contributed by atoms with Gasteiger partial charge in [0.05, 0.1) is 17.5 Å². The van der Waals surface area contributed by atoms with Crippen LogP contribution in [0.15, 0.2) is 72.8 Å². The van der Waals surface area contributed by atoms with Gasteiger partial charge in [0.25, 0.3) is 0 Å². The molecular weight excluding hydrogens is 380 g/mol. The number of amides is 1. The van der Waals surface area contributed by atoms with Crippen molar-refractivity contribution in [2.75, 3.05) is 18.2 Å². The number of ether oxygens (including phenoxy) is 1. The van der Waals surface area contributed by atoms with Crippen molar-refractivity contribution in [2.24, 2.45) is 0 Å². The summed E-state index contributed by atoms with van der Waals surface area (Å²) in [5.41, 5.74) is 7.58. The monoisotopic (exact) mass is 406 g/mol. The summed E-state index contributed by atoms with van der Waals surface area (Å²) in [7, 11) is 1.55. The number of hydrogen-bond donors (Lipinski definition) is 4. The van der Waals surface area contributed by atoms with E-state index in [1.807, 2.05) is 24.3 Å². The molecule has 0 aliphatic rings. The molecule has 3 aromatic rings. The summed E-state index contributed by atoms with van der Waals surface area (Å²) in [6.45, 7) is 0. The van der Waals surface area contributed by atoms with E-state index in [0.29, 0.717) is 35.2 Å². The van der Waals surface area contributed by atoms with Crippen LogP contribution in [0.5, 0.6) is 5.75 Å². The Bertz CT molecular complexity index is 1050. The van der Waals surface area contributed by atoms with Crippen LogP contribution in [0.1, 0.15) is 24.5 Å². The number of hydrogen-bond acceptors (Lipinski definition) is 5. The van der Waals surface area contributed by atoms with E-state index in [1.54, 1.807) is 49.6 Å². The number of aliphatic hydroxyl groups is 1. The molecule has 30 heavy (non-hydrogen) atoms. The number of fused-ring (bicyclic) bond motifs is 1. The molecular formula is C24H26N2O4. The minimum absolute atomic E-state index is 0.170. The smallest absolute Gasteiger partial charge is 0.248 e. The summed E-state index contributed by atoms with van der Waals surface area (Å²) in [5.74, 6) is -0.101. The maximum absolute atomic E-state index is 12.1. The Labute approximate surface area is 175 Å². The largest absolute Gasteiger partial charge is 0.507 e. The number of anilines is 2. The molecule has 6 heteroatoms. The summed E-state index contributed by atoms with van der Waals surface area (Å²) < 4.78 is 5.50. The normalized spacial score (nSPS) is 13.4. The Hall–Kier alpha value is -3.35. The summed E-state index contributed by atoms with van der Waals surface area (Å²) in [4.78, 5) is 12.1. The van der Waals surface area contributed by atoms with Crippen molar-refractivity contribution in [3.8, 4) is 5.75 Å². The Morgan fingerprint density at radius 1 is 1.10 bits per heavy atom. The summed E-state index contributed by atoms with van der Waals surface area (Å²) in [6, 6.07) is 17.7. The third kappa shape index (κ3) is 4.97. The Morgan fingerprint density at radius 2 is 1.80 bits per heavy atom. The van der Waals surface area contributed by atoms with Crippen LogP contribution in [0.3, 0.4) is 0 Å². The molecule has 0 heterocycles. The third-order valence-corrected chi connectivity index (χ3v) is 5.01. The molecule has 0 bridgehead atoms. The second-order valence-corrected chi connectivity index (χ2v) is 6.99. The number of aromatic hydroxyl groups is 1. The van der Waals surface area contributed by atoms with Gasteiger partial charge in [0, 0.05) is 12.5 Å². The maximum atomic E-state index is 12.1. The molecule has 0 unspecified atom stereocenters. The van der Waals surface area contributed by atoms with Gasteiger partial charge in [-0.05, 0) is 48.1 Å². The molecule has 0 fully saturated rings. The lowest BCUT2D eigenvalue weighted by molar-refractivity contribution is -0.111. The Morgan fingerprint density at radius 3 is 2.53 bits per heavy atom. The first-order valence-corrected chi connectivity index (χ1v) is 9.74. The minimum atomic E-state index is -0.869. The van der Waals surface area contributed by atoms with Crippen LogP contribution in [-0.2, 0) is 9.53 Å². The number of aliphatic hydroxyl groups excluding tert-OH is 1. The van der Waals surface area contributed by atoms with Crippen molar-refractivity contribution in [3.05, 3.63) is 78.4 Å². The first-order valence-electron chi connectivity index (χ1n) is 9.74. The van der Waals surface area contributed by atoms with Crippen molar-refractivity contribution >= 4 is 28.1 Å². The third-order valence-electron chi connectivity index (χ3n) is 5.01. The lowest BCUT2D eigenvalue weighted by Crippen LogP contribution is -2.21. The molecule has 0 aliphatic heterocycles. The number of methoxy groups -OCH3 is 1. The second kappa shape index (κ2) is 9.91. The number of para-hydroxylation sites is 2. The molecule has 1 amide bonds. The quantitative estimate of drug-likeness (QED) is 0.332. The van der Waals surface area contributed by atoms with E-state index < -0.39 is 12.2 Å². The van der Waals surface area contributed by atoms with Gasteiger partial charge in [0.15, 0.2) is 0 Å². The van der Waals surface area contributed by atoms with Gasteiger partial charge >= 0.3 is 0 Å². The van der Waals surface area contributed by atoms with Gasteiger partial charge in [-0.3, -0.25) is 4.79 Å². The van der Waals surface area contributed by atoms with Gasteiger partial charge < -0.3 is 26.0 Å². The predicted octanol–water partition coefficient (Wildman–Crippen LogP) is 4.15. The molecule has 3 rings (SSSR count). The highest BCUT2D eigenvalue weighted by Gasteiger charge is 2.22. The fourth-order valence-corrected chi connectivity index (χ4v) is 3.41. The molecule has 3 aromatic carbocycles. The van der Waals surface area contributed by atoms with Gasteiger partial charge in [0.1, 0.15) is 11.9 Å². The van der Waals surface area contributed by atoms with E-state index in [9.17, 15) is 15.0 Å². The summed E-state index contributed by atoms with van der Waals surface area (Å²) in [6.07, 6.45) is 2.92. The zero-order chi connectivity index (χ0) is 21.5. The Balaban J connectivity index is 1.62. The van der Waals surface area contributed by atoms with E-state index in [4.69, 9.17) is 10.5 Å². The molecule has 0 saturated heterocycles. The number of rotatable bonds is 8. The van der Waals surface area contributed by atoms with Crippen LogP contribution >= 0.6 is 0 Å². The summed E-state index contributed by atoms with van der Waals surface area (Å²) in [5, 5.41) is 25.1. The fourth-order valence-electron chi connectivity index (χ4n) is 3.41. The molecule has 6 nitrogen and oxygen atoms in total. The topological polar surface area (TPSA) is 105 Å². The van der Waals surface area contributed by atoms with Gasteiger partial charge in [-0.1, -0.05) is 48.5 Å². The van der Waals surface area contributed by atoms with Crippen molar-refractivity contribution in [1.29, 1.82) is 0 Å². The lowest BCUT2D eigenvalue weighted by Gasteiger charge is -2.23. The maximum Gasteiger partial charge on any atom is 0.248 e. The highest BCUT2D eigenvalue weighted by molar-refractivity contribution is 6.01. The molecule has 0 spiro atoms. The van der Waals surface area contributed by atoms with Crippen molar-refractivity contribution in [3.63, 3.8) is 0 Å². The van der Waals surface area contributed by atoms with E-state index in [2.05, 4.69) is 5.32 Å². The van der Waals surface area contributed by atoms with Crippen LogP contribution in [0.2, 0.25) is 0 Å². The SMILES string of the molecule is CO[C@@H](CC/C=C/C(=O)Nc1ccccc1N)[C@@H](O)c1ccc(O)c2ccccc12.